The van der Waals surface area contributed by atoms with Gasteiger partial charge in [0.2, 0.25) is 11.8 Å². The number of nitrogens with one attached hydrogen (secondary N) is 1. The van der Waals surface area contributed by atoms with Crippen LogP contribution in [0.5, 0.6) is 0 Å². The highest BCUT2D eigenvalue weighted by Crippen LogP contribution is 2.31. The average Bonchev–Trinajstić information content (AvgIpc) is 3.32. The molecule has 0 bridgehead atoms. The van der Waals surface area contributed by atoms with Crippen LogP contribution < -0.4 is 5.32 Å². The van der Waals surface area contributed by atoms with Gasteiger partial charge in [0.15, 0.2) is 0 Å². The molecule has 1 atom stereocenters. The second-order valence-corrected chi connectivity index (χ2v) is 8.44. The summed E-state index contributed by atoms with van der Waals surface area (Å²) in [5.74, 6) is 0.0714. The average molecular weight is 346 g/mol. The summed E-state index contributed by atoms with van der Waals surface area (Å²) >= 11 is 1.84. The molecule has 0 aromatic carbocycles. The van der Waals surface area contributed by atoms with Gasteiger partial charge >= 0.3 is 0 Å². The Balaban J connectivity index is 1.33. The predicted octanol–water partition coefficient (Wildman–Crippen LogP) is 3.03. The number of carbonyl (C=O) groups is 2. The van der Waals surface area contributed by atoms with E-state index >= 15 is 0 Å². The van der Waals surface area contributed by atoms with E-state index in [0.29, 0.717) is 25.6 Å². The van der Waals surface area contributed by atoms with Crippen molar-refractivity contribution in [3.05, 3.63) is 21.4 Å². The van der Waals surface area contributed by atoms with Crippen molar-refractivity contribution in [1.29, 1.82) is 0 Å². The number of aryl methyl sites for hydroxylation is 1. The van der Waals surface area contributed by atoms with Crippen LogP contribution in [0, 0.1) is 5.92 Å². The van der Waals surface area contributed by atoms with Gasteiger partial charge in [0.25, 0.3) is 0 Å². The fourth-order valence-electron chi connectivity index (χ4n) is 4.51. The van der Waals surface area contributed by atoms with Gasteiger partial charge < -0.3 is 10.2 Å². The number of likely N-dealkylation sites (tertiary alicyclic amines) is 1. The SMILES string of the molecule is O=C(NCc1csc2c1CCCC2)[C@@H]1CC(=O)N(C2CCCC2)C1. The largest absolute Gasteiger partial charge is 0.352 e. The Labute approximate surface area is 147 Å². The number of fused-ring (bicyclic) bond motifs is 1. The minimum Gasteiger partial charge on any atom is -0.352 e. The van der Waals surface area contributed by atoms with Crippen LogP contribution in [0.2, 0.25) is 0 Å². The van der Waals surface area contributed by atoms with Crippen LogP contribution in [0.1, 0.15) is 60.9 Å². The first-order valence-corrected chi connectivity index (χ1v) is 10.3. The third-order valence-electron chi connectivity index (χ3n) is 5.90. The minimum absolute atomic E-state index is 0.0552. The Bertz CT molecular complexity index is 633. The van der Waals surface area contributed by atoms with Crippen molar-refractivity contribution in [3.8, 4) is 0 Å². The maximum atomic E-state index is 12.5. The molecule has 24 heavy (non-hydrogen) atoms. The summed E-state index contributed by atoms with van der Waals surface area (Å²) in [6.45, 7) is 1.25. The summed E-state index contributed by atoms with van der Waals surface area (Å²) in [4.78, 5) is 28.3. The van der Waals surface area contributed by atoms with Crippen molar-refractivity contribution in [2.24, 2.45) is 5.92 Å². The van der Waals surface area contributed by atoms with Crippen LogP contribution in [-0.4, -0.2) is 29.3 Å². The topological polar surface area (TPSA) is 49.4 Å². The molecule has 1 N–H and O–H groups in total. The lowest BCUT2D eigenvalue weighted by Crippen LogP contribution is -2.36. The van der Waals surface area contributed by atoms with Crippen molar-refractivity contribution in [2.75, 3.05) is 6.54 Å². The van der Waals surface area contributed by atoms with E-state index < -0.39 is 0 Å². The summed E-state index contributed by atoms with van der Waals surface area (Å²) in [5.41, 5.74) is 2.77. The quantitative estimate of drug-likeness (QED) is 0.911. The first-order valence-electron chi connectivity index (χ1n) is 9.37. The molecule has 2 heterocycles. The zero-order valence-electron chi connectivity index (χ0n) is 14.2. The van der Waals surface area contributed by atoms with Crippen LogP contribution in [0.3, 0.4) is 0 Å². The highest BCUT2D eigenvalue weighted by molar-refractivity contribution is 7.10. The predicted molar refractivity (Wildman–Crippen MR) is 94.9 cm³/mol. The first-order chi connectivity index (χ1) is 11.7. The van der Waals surface area contributed by atoms with Gasteiger partial charge in [0, 0.05) is 30.4 Å². The zero-order valence-corrected chi connectivity index (χ0v) is 15.0. The van der Waals surface area contributed by atoms with Crippen molar-refractivity contribution in [3.63, 3.8) is 0 Å². The van der Waals surface area contributed by atoms with E-state index in [-0.39, 0.29) is 17.7 Å². The molecule has 1 aromatic heterocycles. The van der Waals surface area contributed by atoms with E-state index in [2.05, 4.69) is 10.7 Å². The molecule has 1 saturated carbocycles. The fourth-order valence-corrected chi connectivity index (χ4v) is 5.66. The van der Waals surface area contributed by atoms with E-state index in [4.69, 9.17) is 0 Å². The Morgan fingerprint density at radius 2 is 2.00 bits per heavy atom. The van der Waals surface area contributed by atoms with Gasteiger partial charge in [0.1, 0.15) is 0 Å². The monoisotopic (exact) mass is 346 g/mol. The molecule has 130 valence electrons. The number of carbonyl (C=O) groups excluding carboxylic acids is 2. The maximum absolute atomic E-state index is 12.5. The fraction of sp³-hybridized carbons (Fsp3) is 0.684. The van der Waals surface area contributed by atoms with E-state index in [1.165, 1.54) is 48.1 Å². The normalized spacial score (nSPS) is 24.4. The summed E-state index contributed by atoms with van der Waals surface area (Å²) < 4.78 is 0. The lowest BCUT2D eigenvalue weighted by molar-refractivity contribution is -0.130. The smallest absolute Gasteiger partial charge is 0.225 e. The van der Waals surface area contributed by atoms with Crippen LogP contribution in [0.15, 0.2) is 5.38 Å². The molecule has 5 heteroatoms. The minimum atomic E-state index is -0.160. The highest BCUT2D eigenvalue weighted by Gasteiger charge is 2.38. The van der Waals surface area contributed by atoms with Gasteiger partial charge in [-0.2, -0.15) is 0 Å². The zero-order chi connectivity index (χ0) is 16.5. The molecular weight excluding hydrogens is 320 g/mol. The molecule has 0 unspecified atom stereocenters. The molecule has 1 aromatic rings. The Morgan fingerprint density at radius 3 is 2.83 bits per heavy atom. The standard InChI is InChI=1S/C19H26N2O2S/c22-18-9-13(11-21(18)15-5-1-2-6-15)19(23)20-10-14-12-24-17-8-4-3-7-16(14)17/h12-13,15H,1-11H2,(H,20,23)/t13-/m1/s1. The molecule has 2 aliphatic carbocycles. The lowest BCUT2D eigenvalue weighted by Gasteiger charge is -2.23. The van der Waals surface area contributed by atoms with Crippen LogP contribution >= 0.6 is 11.3 Å². The van der Waals surface area contributed by atoms with Gasteiger partial charge in [-0.05, 0) is 55.0 Å². The number of thiophene rings is 1. The van der Waals surface area contributed by atoms with Crippen molar-refractivity contribution in [1.82, 2.24) is 10.2 Å². The number of hydrogen-bond donors (Lipinski definition) is 1. The van der Waals surface area contributed by atoms with Crippen LogP contribution in [0.4, 0.5) is 0 Å². The second kappa shape index (κ2) is 6.87. The van der Waals surface area contributed by atoms with E-state index in [1.54, 1.807) is 0 Å². The van der Waals surface area contributed by atoms with E-state index in [9.17, 15) is 9.59 Å². The molecule has 2 amide bonds. The second-order valence-electron chi connectivity index (χ2n) is 7.47. The van der Waals surface area contributed by atoms with Gasteiger partial charge in [-0.25, -0.2) is 0 Å². The van der Waals surface area contributed by atoms with E-state index in [0.717, 1.165) is 19.3 Å². The van der Waals surface area contributed by atoms with Gasteiger partial charge in [0.05, 0.1) is 5.92 Å². The van der Waals surface area contributed by atoms with Crippen LogP contribution in [-0.2, 0) is 29.0 Å². The summed E-state index contributed by atoms with van der Waals surface area (Å²) in [7, 11) is 0. The third-order valence-corrected chi connectivity index (χ3v) is 7.03. The van der Waals surface area contributed by atoms with Crippen molar-refractivity contribution < 1.29 is 9.59 Å². The number of hydrogen-bond acceptors (Lipinski definition) is 3. The first kappa shape index (κ1) is 16.1. The molecule has 3 aliphatic rings. The third kappa shape index (κ3) is 3.10. The Hall–Kier alpha value is -1.36. The molecule has 4 rings (SSSR count). The van der Waals surface area contributed by atoms with E-state index in [1.807, 2.05) is 16.2 Å². The Kier molecular flexibility index (Phi) is 4.61. The number of rotatable bonds is 4. The summed E-state index contributed by atoms with van der Waals surface area (Å²) in [5, 5.41) is 5.31. The van der Waals surface area contributed by atoms with Gasteiger partial charge in [-0.1, -0.05) is 12.8 Å². The molecular formula is C19H26N2O2S. The lowest BCUT2D eigenvalue weighted by atomic mass is 9.96. The molecule has 0 radical (unpaired) electrons. The molecule has 2 fully saturated rings. The molecule has 1 saturated heterocycles. The maximum Gasteiger partial charge on any atom is 0.225 e. The van der Waals surface area contributed by atoms with Crippen molar-refractivity contribution in [2.45, 2.75) is 70.4 Å². The van der Waals surface area contributed by atoms with Crippen molar-refractivity contribution >= 4 is 23.2 Å². The molecule has 4 nitrogen and oxygen atoms in total. The summed E-state index contributed by atoms with van der Waals surface area (Å²) in [6.07, 6.45) is 9.96. The Morgan fingerprint density at radius 1 is 1.21 bits per heavy atom. The molecule has 1 aliphatic heterocycles. The number of amides is 2. The summed E-state index contributed by atoms with van der Waals surface area (Å²) in [6, 6.07) is 0.388. The van der Waals surface area contributed by atoms with Crippen LogP contribution in [0.25, 0.3) is 0 Å². The molecule has 0 spiro atoms. The number of nitrogens with zero attached hydrogens (tertiary/aromatic N) is 1. The van der Waals surface area contributed by atoms with Gasteiger partial charge in [-0.15, -0.1) is 11.3 Å². The highest BCUT2D eigenvalue weighted by atomic mass is 32.1. The van der Waals surface area contributed by atoms with Gasteiger partial charge in [-0.3, -0.25) is 9.59 Å².